The average molecular weight is 495 g/mol. The standard InChI is InChI=1S/C27H30N2O5S/c1-28(27(30)24-16-22-11-7-8-12-23(22)18-29(24)35(3,31)32)17-21-13-14-25(26(15-21)33-2)34-19-20-9-5-4-6-10-20/h4-15,24H,16-19H2,1-3H3. The lowest BCUT2D eigenvalue weighted by molar-refractivity contribution is -0.135. The lowest BCUT2D eigenvalue weighted by Gasteiger charge is -2.36. The summed E-state index contributed by atoms with van der Waals surface area (Å²) in [5.74, 6) is 0.943. The summed E-state index contributed by atoms with van der Waals surface area (Å²) in [6.07, 6.45) is 1.50. The van der Waals surface area contributed by atoms with Gasteiger partial charge < -0.3 is 14.4 Å². The highest BCUT2D eigenvalue weighted by molar-refractivity contribution is 7.88. The van der Waals surface area contributed by atoms with E-state index in [1.165, 1.54) is 4.31 Å². The second-order valence-electron chi connectivity index (χ2n) is 8.75. The van der Waals surface area contributed by atoms with Crippen molar-refractivity contribution in [2.75, 3.05) is 20.4 Å². The lowest BCUT2D eigenvalue weighted by atomic mass is 9.95. The summed E-state index contributed by atoms with van der Waals surface area (Å²) in [5, 5.41) is 0. The van der Waals surface area contributed by atoms with Gasteiger partial charge in [-0.3, -0.25) is 4.79 Å². The van der Waals surface area contributed by atoms with Gasteiger partial charge in [0.2, 0.25) is 15.9 Å². The number of rotatable bonds is 8. The van der Waals surface area contributed by atoms with Gasteiger partial charge in [0.25, 0.3) is 0 Å². The number of ether oxygens (including phenoxy) is 2. The molecule has 1 amide bonds. The highest BCUT2D eigenvalue weighted by atomic mass is 32.2. The number of carbonyl (C=O) groups excluding carboxylic acids is 1. The van der Waals surface area contributed by atoms with Crippen LogP contribution in [0.4, 0.5) is 0 Å². The minimum Gasteiger partial charge on any atom is -0.493 e. The number of amides is 1. The number of nitrogens with zero attached hydrogens (tertiary/aromatic N) is 2. The smallest absolute Gasteiger partial charge is 0.241 e. The fourth-order valence-corrected chi connectivity index (χ4v) is 5.33. The van der Waals surface area contributed by atoms with Crippen molar-refractivity contribution in [3.8, 4) is 11.5 Å². The first kappa shape index (κ1) is 24.8. The molecule has 0 saturated heterocycles. The summed E-state index contributed by atoms with van der Waals surface area (Å²) in [6, 6.07) is 22.3. The number of methoxy groups -OCH3 is 1. The molecule has 0 bridgehead atoms. The number of hydrogen-bond donors (Lipinski definition) is 0. The van der Waals surface area contributed by atoms with Crippen molar-refractivity contribution >= 4 is 15.9 Å². The molecule has 0 radical (unpaired) electrons. The summed E-state index contributed by atoms with van der Waals surface area (Å²) in [4.78, 5) is 15.0. The van der Waals surface area contributed by atoms with E-state index in [4.69, 9.17) is 9.47 Å². The van der Waals surface area contributed by atoms with Crippen LogP contribution in [0.2, 0.25) is 0 Å². The molecule has 184 valence electrons. The molecule has 0 saturated carbocycles. The van der Waals surface area contributed by atoms with E-state index < -0.39 is 16.1 Å². The van der Waals surface area contributed by atoms with Crippen molar-refractivity contribution in [3.63, 3.8) is 0 Å². The van der Waals surface area contributed by atoms with E-state index in [9.17, 15) is 13.2 Å². The predicted octanol–water partition coefficient (Wildman–Crippen LogP) is 3.62. The fourth-order valence-electron chi connectivity index (χ4n) is 4.33. The Morgan fingerprint density at radius 2 is 1.66 bits per heavy atom. The first-order valence-electron chi connectivity index (χ1n) is 11.4. The van der Waals surface area contributed by atoms with Crippen molar-refractivity contribution in [3.05, 3.63) is 95.1 Å². The largest absolute Gasteiger partial charge is 0.493 e. The first-order chi connectivity index (χ1) is 16.8. The monoisotopic (exact) mass is 494 g/mol. The number of sulfonamides is 1. The van der Waals surface area contributed by atoms with Gasteiger partial charge in [-0.15, -0.1) is 0 Å². The first-order valence-corrected chi connectivity index (χ1v) is 13.2. The maximum Gasteiger partial charge on any atom is 0.241 e. The van der Waals surface area contributed by atoms with Crippen molar-refractivity contribution in [1.29, 1.82) is 0 Å². The zero-order valence-corrected chi connectivity index (χ0v) is 21.0. The van der Waals surface area contributed by atoms with Crippen LogP contribution >= 0.6 is 0 Å². The summed E-state index contributed by atoms with van der Waals surface area (Å²) in [6.45, 7) is 0.920. The van der Waals surface area contributed by atoms with E-state index in [-0.39, 0.29) is 12.5 Å². The van der Waals surface area contributed by atoms with E-state index >= 15 is 0 Å². The van der Waals surface area contributed by atoms with E-state index in [1.54, 1.807) is 19.1 Å². The number of carbonyl (C=O) groups is 1. The van der Waals surface area contributed by atoms with Crippen LogP contribution < -0.4 is 9.47 Å². The van der Waals surface area contributed by atoms with Crippen molar-refractivity contribution in [2.24, 2.45) is 0 Å². The van der Waals surface area contributed by atoms with Gasteiger partial charge in [0, 0.05) is 20.1 Å². The van der Waals surface area contributed by atoms with E-state index in [1.807, 2.05) is 72.8 Å². The molecular weight excluding hydrogens is 464 g/mol. The van der Waals surface area contributed by atoms with Gasteiger partial charge in [-0.2, -0.15) is 4.31 Å². The molecule has 3 aromatic carbocycles. The Hall–Kier alpha value is -3.36. The van der Waals surface area contributed by atoms with Crippen LogP contribution in [0.3, 0.4) is 0 Å². The van der Waals surface area contributed by atoms with Gasteiger partial charge in [0.1, 0.15) is 12.6 Å². The average Bonchev–Trinajstić information content (AvgIpc) is 2.86. The van der Waals surface area contributed by atoms with Crippen LogP contribution in [0.15, 0.2) is 72.8 Å². The number of hydrogen-bond acceptors (Lipinski definition) is 5. The fraction of sp³-hybridized carbons (Fsp3) is 0.296. The summed E-state index contributed by atoms with van der Waals surface area (Å²) in [7, 11) is -0.299. The summed E-state index contributed by atoms with van der Waals surface area (Å²) in [5.41, 5.74) is 3.83. The Bertz CT molecular complexity index is 1290. The van der Waals surface area contributed by atoms with Crippen LogP contribution in [0.25, 0.3) is 0 Å². The number of fused-ring (bicyclic) bond motifs is 1. The van der Waals surface area contributed by atoms with Gasteiger partial charge in [0.05, 0.1) is 13.4 Å². The highest BCUT2D eigenvalue weighted by Crippen LogP contribution is 2.30. The molecular formula is C27H30N2O5S. The minimum atomic E-state index is -3.57. The molecule has 4 rings (SSSR count). The molecule has 3 aromatic rings. The molecule has 7 nitrogen and oxygen atoms in total. The zero-order chi connectivity index (χ0) is 25.0. The van der Waals surface area contributed by atoms with Gasteiger partial charge in [-0.25, -0.2) is 8.42 Å². The van der Waals surface area contributed by atoms with Crippen LogP contribution in [-0.4, -0.2) is 50.0 Å². The number of likely N-dealkylation sites (N-methyl/N-ethyl adjacent to an activating group) is 1. The maximum absolute atomic E-state index is 13.4. The van der Waals surface area contributed by atoms with Gasteiger partial charge in [-0.1, -0.05) is 60.7 Å². The Morgan fingerprint density at radius 3 is 2.34 bits per heavy atom. The number of benzene rings is 3. The molecule has 0 aliphatic carbocycles. The Morgan fingerprint density at radius 1 is 0.971 bits per heavy atom. The Labute approximate surface area is 206 Å². The zero-order valence-electron chi connectivity index (χ0n) is 20.2. The van der Waals surface area contributed by atoms with E-state index in [0.29, 0.717) is 31.1 Å². The third-order valence-electron chi connectivity index (χ3n) is 6.18. The molecule has 0 N–H and O–H groups in total. The highest BCUT2D eigenvalue weighted by Gasteiger charge is 2.38. The molecule has 1 heterocycles. The third-order valence-corrected chi connectivity index (χ3v) is 7.41. The molecule has 35 heavy (non-hydrogen) atoms. The van der Waals surface area contributed by atoms with Gasteiger partial charge >= 0.3 is 0 Å². The van der Waals surface area contributed by atoms with Crippen molar-refractivity contribution in [1.82, 2.24) is 9.21 Å². The van der Waals surface area contributed by atoms with E-state index in [2.05, 4.69) is 0 Å². The Balaban J connectivity index is 1.48. The maximum atomic E-state index is 13.4. The molecule has 1 unspecified atom stereocenters. The molecule has 1 aliphatic heterocycles. The molecule has 1 aliphatic rings. The minimum absolute atomic E-state index is 0.195. The quantitative estimate of drug-likeness (QED) is 0.478. The molecule has 1 atom stereocenters. The van der Waals surface area contributed by atoms with E-state index in [0.717, 1.165) is 28.5 Å². The summed E-state index contributed by atoms with van der Waals surface area (Å²) < 4.78 is 37.7. The normalized spacial score (nSPS) is 15.8. The van der Waals surface area contributed by atoms with Crippen molar-refractivity contribution in [2.45, 2.75) is 32.2 Å². The van der Waals surface area contributed by atoms with Crippen LogP contribution in [-0.2, 0) is 40.9 Å². The van der Waals surface area contributed by atoms with Gasteiger partial charge in [-0.05, 0) is 40.8 Å². The topological polar surface area (TPSA) is 76.2 Å². The van der Waals surface area contributed by atoms with Crippen molar-refractivity contribution < 1.29 is 22.7 Å². The van der Waals surface area contributed by atoms with Crippen LogP contribution in [0.5, 0.6) is 11.5 Å². The molecule has 8 heteroatoms. The molecule has 0 spiro atoms. The second kappa shape index (κ2) is 10.5. The van der Waals surface area contributed by atoms with Crippen LogP contribution in [0.1, 0.15) is 22.3 Å². The predicted molar refractivity (Wildman–Crippen MR) is 135 cm³/mol. The second-order valence-corrected chi connectivity index (χ2v) is 10.7. The van der Waals surface area contributed by atoms with Gasteiger partial charge in [0.15, 0.2) is 11.5 Å². The Kier molecular flexibility index (Phi) is 7.42. The lowest BCUT2D eigenvalue weighted by Crippen LogP contribution is -2.52. The SMILES string of the molecule is COc1cc(CN(C)C(=O)C2Cc3ccccc3CN2S(C)(=O)=O)ccc1OCc1ccccc1. The van der Waals surface area contributed by atoms with Crippen LogP contribution in [0, 0.1) is 0 Å². The molecule has 0 aromatic heterocycles. The third kappa shape index (κ3) is 5.83. The summed E-state index contributed by atoms with van der Waals surface area (Å²) >= 11 is 0. The molecule has 0 fully saturated rings.